The Hall–Kier alpha value is -6.64. The summed E-state index contributed by atoms with van der Waals surface area (Å²) in [4.78, 5) is 6.24. The molecule has 2 nitrogen and oxygen atoms in total. The number of fused-ring (bicyclic) bond motifs is 8. The Balaban J connectivity index is 1.03. The second-order valence-corrected chi connectivity index (χ2v) is 15.0. The molecular formula is C51H36N2. The molecule has 250 valence electrons. The summed E-state index contributed by atoms with van der Waals surface area (Å²) in [6.07, 6.45) is 0. The fourth-order valence-electron chi connectivity index (χ4n) is 9.15. The average molecular weight is 677 g/mol. The maximum absolute atomic E-state index is 3.83. The first-order valence-corrected chi connectivity index (χ1v) is 18.5. The summed E-state index contributed by atoms with van der Waals surface area (Å²) in [6, 6.07) is 64.7. The Labute approximate surface area is 309 Å². The van der Waals surface area contributed by atoms with E-state index in [4.69, 9.17) is 0 Å². The van der Waals surface area contributed by atoms with E-state index in [-0.39, 0.29) is 5.41 Å². The second kappa shape index (κ2) is 11.2. The van der Waals surface area contributed by atoms with Crippen LogP contribution in [0, 0.1) is 0 Å². The molecule has 1 heterocycles. The van der Waals surface area contributed by atoms with Crippen LogP contribution in [0.2, 0.25) is 0 Å². The van der Waals surface area contributed by atoms with Crippen LogP contribution in [0.25, 0.3) is 77.4 Å². The summed E-state index contributed by atoms with van der Waals surface area (Å²) in [7, 11) is 0. The van der Waals surface area contributed by atoms with E-state index in [1.54, 1.807) is 0 Å². The first kappa shape index (κ1) is 30.0. The Bertz CT molecular complexity index is 2900. The molecule has 0 radical (unpaired) electrons. The van der Waals surface area contributed by atoms with Gasteiger partial charge in [-0.2, -0.15) is 0 Å². The molecule has 53 heavy (non-hydrogen) atoms. The van der Waals surface area contributed by atoms with Gasteiger partial charge in [0.05, 0.1) is 5.69 Å². The Morgan fingerprint density at radius 2 is 1.06 bits per heavy atom. The molecule has 0 fully saturated rings. The normalized spacial score (nSPS) is 13.2. The first-order chi connectivity index (χ1) is 26.0. The molecule has 0 atom stereocenters. The highest BCUT2D eigenvalue weighted by molar-refractivity contribution is 6.21. The summed E-state index contributed by atoms with van der Waals surface area (Å²) in [5, 5.41) is 3.91. The molecule has 1 N–H and O–H groups in total. The lowest BCUT2D eigenvalue weighted by molar-refractivity contribution is 0.660. The minimum atomic E-state index is -0.0929. The van der Waals surface area contributed by atoms with Crippen molar-refractivity contribution in [2.45, 2.75) is 19.3 Å². The molecule has 0 amide bonds. The lowest BCUT2D eigenvalue weighted by atomic mass is 9.82. The van der Waals surface area contributed by atoms with E-state index >= 15 is 0 Å². The van der Waals surface area contributed by atoms with E-state index in [9.17, 15) is 0 Å². The van der Waals surface area contributed by atoms with Crippen LogP contribution >= 0.6 is 0 Å². The summed E-state index contributed by atoms with van der Waals surface area (Å²) in [5.74, 6) is 0. The minimum Gasteiger partial charge on any atom is -0.354 e. The van der Waals surface area contributed by atoms with Gasteiger partial charge in [-0.1, -0.05) is 147 Å². The third-order valence-electron chi connectivity index (χ3n) is 11.7. The number of hydrogen-bond donors (Lipinski definition) is 1. The van der Waals surface area contributed by atoms with E-state index in [0.29, 0.717) is 0 Å². The van der Waals surface area contributed by atoms with E-state index < -0.39 is 0 Å². The Morgan fingerprint density at radius 1 is 0.434 bits per heavy atom. The predicted octanol–water partition coefficient (Wildman–Crippen LogP) is 14.1. The standard InChI is InChI=1S/C51H36N2/c1-51(2)45-20-7-6-17-40(45)41-28-26-39(31-46(41)51)53(37-24-21-33(22-25-37)32-11-4-3-5-12-32)38-16-8-15-35(29-38)36-23-27-42-47(30-36)52-50-44-19-10-14-34-13-9-18-43(48(34)44)49(42)50/h3-31,52H,1-2H3. The molecular weight excluding hydrogens is 641 g/mol. The number of nitrogens with one attached hydrogen (secondary N) is 1. The fraction of sp³-hybridized carbons (Fsp3) is 0.0588. The van der Waals surface area contributed by atoms with Crippen LogP contribution in [0.1, 0.15) is 25.0 Å². The van der Waals surface area contributed by atoms with Gasteiger partial charge in [0, 0.05) is 44.5 Å². The molecule has 2 aliphatic rings. The highest BCUT2D eigenvalue weighted by Crippen LogP contribution is 2.52. The van der Waals surface area contributed by atoms with Gasteiger partial charge in [0.1, 0.15) is 0 Å². The third-order valence-corrected chi connectivity index (χ3v) is 11.7. The molecule has 0 bridgehead atoms. The largest absolute Gasteiger partial charge is 0.354 e. The van der Waals surface area contributed by atoms with Crippen LogP contribution in [0.5, 0.6) is 0 Å². The second-order valence-electron chi connectivity index (χ2n) is 15.0. The van der Waals surface area contributed by atoms with Crippen molar-refractivity contribution in [3.05, 3.63) is 187 Å². The van der Waals surface area contributed by atoms with E-state index in [1.807, 2.05) is 0 Å². The zero-order valence-corrected chi connectivity index (χ0v) is 29.7. The third kappa shape index (κ3) is 4.45. The zero-order valence-electron chi connectivity index (χ0n) is 29.7. The van der Waals surface area contributed by atoms with E-state index in [1.165, 1.54) is 83.1 Å². The summed E-state index contributed by atoms with van der Waals surface area (Å²) in [5.41, 5.74) is 19.8. The maximum Gasteiger partial charge on any atom is 0.0551 e. The van der Waals surface area contributed by atoms with Crippen LogP contribution in [-0.2, 0) is 5.41 Å². The number of nitrogens with zero attached hydrogens (tertiary/aromatic N) is 1. The highest BCUT2D eigenvalue weighted by Gasteiger charge is 2.35. The van der Waals surface area contributed by atoms with Crippen LogP contribution in [0.15, 0.2) is 176 Å². The smallest absolute Gasteiger partial charge is 0.0551 e. The highest BCUT2D eigenvalue weighted by atomic mass is 15.1. The molecule has 0 saturated heterocycles. The number of benzene rings is 8. The average Bonchev–Trinajstić information content (AvgIpc) is 3.82. The zero-order chi connectivity index (χ0) is 35.3. The van der Waals surface area contributed by atoms with Crippen molar-refractivity contribution in [2.75, 3.05) is 4.90 Å². The van der Waals surface area contributed by atoms with Crippen molar-refractivity contribution in [3.63, 3.8) is 0 Å². The maximum atomic E-state index is 3.83. The number of aromatic nitrogens is 1. The van der Waals surface area contributed by atoms with Gasteiger partial charge in [0.2, 0.25) is 0 Å². The molecule has 2 aliphatic carbocycles. The quantitative estimate of drug-likeness (QED) is 0.192. The van der Waals surface area contributed by atoms with Crippen molar-refractivity contribution in [3.8, 4) is 55.8 Å². The lowest BCUT2D eigenvalue weighted by Crippen LogP contribution is -2.16. The van der Waals surface area contributed by atoms with Gasteiger partial charge in [-0.15, -0.1) is 0 Å². The van der Waals surface area contributed by atoms with Gasteiger partial charge in [-0.05, 0) is 103 Å². The molecule has 2 heteroatoms. The van der Waals surface area contributed by atoms with Crippen molar-refractivity contribution < 1.29 is 0 Å². The first-order valence-electron chi connectivity index (χ1n) is 18.5. The summed E-state index contributed by atoms with van der Waals surface area (Å²) >= 11 is 0. The molecule has 0 unspecified atom stereocenters. The molecule has 1 aromatic heterocycles. The molecule has 0 aliphatic heterocycles. The number of anilines is 3. The van der Waals surface area contributed by atoms with Crippen LogP contribution in [0.3, 0.4) is 0 Å². The van der Waals surface area contributed by atoms with E-state index in [0.717, 1.165) is 22.6 Å². The number of hydrogen-bond acceptors (Lipinski definition) is 1. The van der Waals surface area contributed by atoms with Gasteiger partial charge in [-0.25, -0.2) is 0 Å². The monoisotopic (exact) mass is 676 g/mol. The van der Waals surface area contributed by atoms with Crippen LogP contribution < -0.4 is 4.90 Å². The number of aromatic amines is 1. The number of rotatable bonds is 5. The van der Waals surface area contributed by atoms with Crippen LogP contribution in [-0.4, -0.2) is 4.98 Å². The molecule has 9 aromatic rings. The van der Waals surface area contributed by atoms with E-state index in [2.05, 4.69) is 200 Å². The summed E-state index contributed by atoms with van der Waals surface area (Å²) in [6.45, 7) is 4.71. The summed E-state index contributed by atoms with van der Waals surface area (Å²) < 4.78 is 0. The number of H-pyrrole nitrogens is 1. The Morgan fingerprint density at radius 3 is 1.91 bits per heavy atom. The molecule has 0 saturated carbocycles. The molecule has 11 rings (SSSR count). The minimum absolute atomic E-state index is 0.0929. The van der Waals surface area contributed by atoms with Crippen LogP contribution in [0.4, 0.5) is 17.1 Å². The Kier molecular flexibility index (Phi) is 6.33. The van der Waals surface area contributed by atoms with Crippen molar-refractivity contribution in [1.29, 1.82) is 0 Å². The van der Waals surface area contributed by atoms with Gasteiger partial charge in [0.25, 0.3) is 0 Å². The molecule has 8 aromatic carbocycles. The van der Waals surface area contributed by atoms with Crippen molar-refractivity contribution >= 4 is 38.7 Å². The lowest BCUT2D eigenvalue weighted by Gasteiger charge is -2.28. The fourth-order valence-corrected chi connectivity index (χ4v) is 9.15. The van der Waals surface area contributed by atoms with Crippen molar-refractivity contribution in [2.24, 2.45) is 0 Å². The van der Waals surface area contributed by atoms with Gasteiger partial charge in [0.15, 0.2) is 0 Å². The van der Waals surface area contributed by atoms with Gasteiger partial charge in [-0.3, -0.25) is 0 Å². The van der Waals surface area contributed by atoms with Gasteiger partial charge < -0.3 is 9.88 Å². The SMILES string of the molecule is CC1(C)c2ccccc2-c2ccc(N(c3ccc(-c4ccccc4)cc3)c3cccc(-c4ccc5c6c([nH]c5c4)-c4cccc5cccc-6c45)c3)cc21. The van der Waals surface area contributed by atoms with Crippen molar-refractivity contribution in [1.82, 2.24) is 4.98 Å². The topological polar surface area (TPSA) is 19.0 Å². The van der Waals surface area contributed by atoms with Gasteiger partial charge >= 0.3 is 0 Å². The predicted molar refractivity (Wildman–Crippen MR) is 223 cm³/mol. The molecule has 0 spiro atoms.